The Morgan fingerprint density at radius 3 is 2.27 bits per heavy atom. The van der Waals surface area contributed by atoms with Crippen molar-refractivity contribution < 1.29 is 18.0 Å². The summed E-state index contributed by atoms with van der Waals surface area (Å²) in [5.41, 5.74) is 4.05. The van der Waals surface area contributed by atoms with Crippen LogP contribution in [0.4, 0.5) is 0 Å². The van der Waals surface area contributed by atoms with Gasteiger partial charge in [-0.3, -0.25) is 9.59 Å². The fraction of sp³-hybridized carbons (Fsp3) is 0.680. The van der Waals surface area contributed by atoms with E-state index in [-0.39, 0.29) is 27.0 Å². The van der Waals surface area contributed by atoms with Crippen LogP contribution in [-0.4, -0.2) is 25.6 Å². The number of carbonyl (C=O) groups is 2. The molecule has 1 aromatic carbocycles. The molecule has 8 heteroatoms. The van der Waals surface area contributed by atoms with Gasteiger partial charge in [0.25, 0.3) is 0 Å². The number of primary amides is 1. The van der Waals surface area contributed by atoms with E-state index in [0.29, 0.717) is 37.5 Å². The van der Waals surface area contributed by atoms with Crippen molar-refractivity contribution in [3.63, 3.8) is 0 Å². The van der Waals surface area contributed by atoms with Crippen molar-refractivity contribution >= 4 is 33.3 Å². The predicted octanol–water partition coefficient (Wildman–Crippen LogP) is 4.35. The zero-order valence-electron chi connectivity index (χ0n) is 18.9. The highest BCUT2D eigenvalue weighted by atomic mass is 35.5. The summed E-state index contributed by atoms with van der Waals surface area (Å²) < 4.78 is 29.5. The SMILES string of the molecule is NC(=O)C12CC3CC(CC(CC(=O)C4(NS(=O)(=O)c5ccccc5Cl)CCCCC4)(C3)C1)C2. The maximum atomic E-state index is 14.0. The number of nitrogens with one attached hydrogen (secondary N) is 1. The first-order chi connectivity index (χ1) is 15.6. The number of ketones is 1. The first-order valence-electron chi connectivity index (χ1n) is 12.2. The molecule has 1 amide bonds. The molecule has 5 saturated carbocycles. The summed E-state index contributed by atoms with van der Waals surface area (Å²) in [6.45, 7) is 0. The Kier molecular flexibility index (Phi) is 5.69. The van der Waals surface area contributed by atoms with E-state index in [1.165, 1.54) is 6.07 Å². The van der Waals surface area contributed by atoms with Gasteiger partial charge in [0.05, 0.1) is 16.0 Å². The number of amides is 1. The number of carbonyl (C=O) groups excluding carboxylic acids is 2. The van der Waals surface area contributed by atoms with Crippen molar-refractivity contribution in [2.45, 2.75) is 87.5 Å². The minimum absolute atomic E-state index is 0.00639. The minimum atomic E-state index is -3.96. The molecule has 180 valence electrons. The van der Waals surface area contributed by atoms with Crippen molar-refractivity contribution in [2.75, 3.05) is 0 Å². The quantitative estimate of drug-likeness (QED) is 0.589. The number of sulfonamides is 1. The molecule has 6 rings (SSSR count). The first kappa shape index (κ1) is 23.3. The van der Waals surface area contributed by atoms with E-state index in [1.54, 1.807) is 18.2 Å². The third kappa shape index (κ3) is 4.04. The number of hydrogen-bond acceptors (Lipinski definition) is 4. The number of nitrogens with two attached hydrogens (primary N) is 1. The Morgan fingerprint density at radius 2 is 1.67 bits per heavy atom. The van der Waals surface area contributed by atoms with E-state index in [9.17, 15) is 18.0 Å². The van der Waals surface area contributed by atoms with Crippen LogP contribution < -0.4 is 10.5 Å². The lowest BCUT2D eigenvalue weighted by Crippen LogP contribution is -2.60. The topological polar surface area (TPSA) is 106 Å². The highest BCUT2D eigenvalue weighted by molar-refractivity contribution is 7.89. The molecule has 0 aromatic heterocycles. The second kappa shape index (κ2) is 8.06. The zero-order valence-corrected chi connectivity index (χ0v) is 20.5. The summed E-state index contributed by atoms with van der Waals surface area (Å²) in [4.78, 5) is 26.5. The Balaban J connectivity index is 1.44. The predicted molar refractivity (Wildman–Crippen MR) is 126 cm³/mol. The third-order valence-corrected chi connectivity index (χ3v) is 11.0. The van der Waals surface area contributed by atoms with Crippen LogP contribution in [0.15, 0.2) is 29.2 Å². The molecule has 5 aliphatic carbocycles. The number of halogens is 1. The Morgan fingerprint density at radius 1 is 1.03 bits per heavy atom. The molecular weight excluding hydrogens is 460 g/mol. The molecule has 0 aliphatic heterocycles. The number of rotatable bonds is 7. The van der Waals surface area contributed by atoms with E-state index >= 15 is 0 Å². The molecule has 0 saturated heterocycles. The third-order valence-electron chi connectivity index (χ3n) is 8.94. The van der Waals surface area contributed by atoms with Gasteiger partial charge < -0.3 is 5.73 Å². The highest BCUT2D eigenvalue weighted by Crippen LogP contribution is 2.66. The van der Waals surface area contributed by atoms with Gasteiger partial charge >= 0.3 is 0 Å². The second-order valence-corrected chi connectivity index (χ2v) is 13.4. The molecule has 0 radical (unpaired) electrons. The Bertz CT molecular complexity index is 1070. The van der Waals surface area contributed by atoms with Gasteiger partial charge in [-0.25, -0.2) is 8.42 Å². The maximum absolute atomic E-state index is 14.0. The van der Waals surface area contributed by atoms with E-state index < -0.39 is 21.0 Å². The van der Waals surface area contributed by atoms with Crippen LogP contribution in [0.1, 0.15) is 77.0 Å². The molecule has 5 aliphatic rings. The van der Waals surface area contributed by atoms with E-state index in [0.717, 1.165) is 51.4 Å². The van der Waals surface area contributed by atoms with Gasteiger partial charge in [0, 0.05) is 6.42 Å². The average molecular weight is 493 g/mol. The zero-order chi connectivity index (χ0) is 23.5. The number of benzene rings is 1. The highest BCUT2D eigenvalue weighted by Gasteiger charge is 2.61. The fourth-order valence-electron chi connectivity index (χ4n) is 8.03. The van der Waals surface area contributed by atoms with Crippen molar-refractivity contribution in [3.8, 4) is 0 Å². The summed E-state index contributed by atoms with van der Waals surface area (Å²) in [7, 11) is -3.96. The maximum Gasteiger partial charge on any atom is 0.242 e. The van der Waals surface area contributed by atoms with Gasteiger partial charge in [0.1, 0.15) is 4.90 Å². The van der Waals surface area contributed by atoms with Gasteiger partial charge in [0.15, 0.2) is 5.78 Å². The molecule has 0 heterocycles. The molecular formula is C25H33ClN2O4S. The summed E-state index contributed by atoms with van der Waals surface area (Å²) in [5.74, 6) is 0.627. The summed E-state index contributed by atoms with van der Waals surface area (Å²) >= 11 is 6.19. The molecule has 3 N–H and O–H groups in total. The summed E-state index contributed by atoms with van der Waals surface area (Å²) in [5, 5.41) is 0.146. The fourth-order valence-corrected chi connectivity index (χ4v) is 9.99. The smallest absolute Gasteiger partial charge is 0.242 e. The molecule has 1 aromatic rings. The minimum Gasteiger partial charge on any atom is -0.369 e. The molecule has 5 fully saturated rings. The second-order valence-electron chi connectivity index (χ2n) is 11.4. The molecule has 0 spiro atoms. The van der Waals surface area contributed by atoms with Crippen molar-refractivity contribution in [2.24, 2.45) is 28.4 Å². The summed E-state index contributed by atoms with van der Waals surface area (Å²) in [6.07, 6.45) is 9.28. The number of hydrogen-bond donors (Lipinski definition) is 2. The van der Waals surface area contributed by atoms with Crippen LogP contribution >= 0.6 is 11.6 Å². The van der Waals surface area contributed by atoms with E-state index in [1.807, 2.05) is 0 Å². The van der Waals surface area contributed by atoms with Gasteiger partial charge in [0.2, 0.25) is 15.9 Å². The molecule has 2 unspecified atom stereocenters. The van der Waals surface area contributed by atoms with Crippen molar-refractivity contribution in [1.29, 1.82) is 0 Å². The van der Waals surface area contributed by atoms with E-state index in [2.05, 4.69) is 4.72 Å². The van der Waals surface area contributed by atoms with Crippen LogP contribution in [0.3, 0.4) is 0 Å². The molecule has 33 heavy (non-hydrogen) atoms. The van der Waals surface area contributed by atoms with Crippen LogP contribution in [0.5, 0.6) is 0 Å². The first-order valence-corrected chi connectivity index (χ1v) is 14.1. The van der Waals surface area contributed by atoms with Crippen molar-refractivity contribution in [1.82, 2.24) is 4.72 Å². The molecule has 6 nitrogen and oxygen atoms in total. The van der Waals surface area contributed by atoms with Gasteiger partial charge in [-0.1, -0.05) is 43.0 Å². The Hall–Kier alpha value is -1.44. The lowest BCUT2D eigenvalue weighted by Gasteiger charge is -2.61. The van der Waals surface area contributed by atoms with Gasteiger partial charge in [-0.15, -0.1) is 0 Å². The lowest BCUT2D eigenvalue weighted by atomic mass is 9.43. The van der Waals surface area contributed by atoms with E-state index in [4.69, 9.17) is 17.3 Å². The molecule has 4 bridgehead atoms. The van der Waals surface area contributed by atoms with Crippen LogP contribution in [-0.2, 0) is 19.6 Å². The van der Waals surface area contributed by atoms with Crippen LogP contribution in [0.25, 0.3) is 0 Å². The van der Waals surface area contributed by atoms with Crippen molar-refractivity contribution in [3.05, 3.63) is 29.3 Å². The summed E-state index contributed by atoms with van der Waals surface area (Å²) in [6, 6.07) is 6.34. The monoisotopic (exact) mass is 492 g/mol. The van der Waals surface area contributed by atoms with Crippen LogP contribution in [0, 0.1) is 22.7 Å². The van der Waals surface area contributed by atoms with Crippen LogP contribution in [0.2, 0.25) is 5.02 Å². The standard InChI is InChI=1S/C25H33ClN2O4S/c26-19-6-2-3-7-20(19)33(31,32)28-25(8-4-1-5-9-25)21(29)15-23-11-17-10-18(12-23)14-24(13-17,16-23)22(27)30/h2-3,6-7,17-18,28H,1,4-5,8-16H2,(H2,27,30). The normalized spacial score (nSPS) is 34.8. The average Bonchev–Trinajstić information content (AvgIpc) is 2.73. The largest absolute Gasteiger partial charge is 0.369 e. The van der Waals surface area contributed by atoms with Gasteiger partial charge in [-0.05, 0) is 80.8 Å². The molecule has 2 atom stereocenters. The number of Topliss-reactive ketones (excluding diaryl/α,β-unsaturated/α-hetero) is 1. The lowest BCUT2D eigenvalue weighted by molar-refractivity contribution is -0.159. The Labute approximate surface area is 201 Å². The van der Waals surface area contributed by atoms with Gasteiger partial charge in [-0.2, -0.15) is 4.72 Å².